The first kappa shape index (κ1) is 16.7. The highest BCUT2D eigenvalue weighted by atomic mass is 16.6. The SMILES string of the molecule is CCC(CC=C(C)COc1ccc([N+](=O)[O-])cc1)C(=O)O. The van der Waals surface area contributed by atoms with Gasteiger partial charge in [0.1, 0.15) is 12.4 Å². The Balaban J connectivity index is 2.50. The zero-order valence-electron chi connectivity index (χ0n) is 12.1. The Morgan fingerprint density at radius 1 is 1.43 bits per heavy atom. The Labute approximate surface area is 123 Å². The average molecular weight is 293 g/mol. The van der Waals surface area contributed by atoms with Crippen LogP contribution in [-0.2, 0) is 4.79 Å². The predicted octanol–water partition coefficient (Wildman–Crippen LogP) is 3.42. The van der Waals surface area contributed by atoms with Crippen molar-refractivity contribution in [3.63, 3.8) is 0 Å². The number of carboxylic acid groups (broad SMARTS) is 1. The van der Waals surface area contributed by atoms with E-state index in [1.54, 1.807) is 0 Å². The minimum atomic E-state index is -0.794. The molecule has 6 heteroatoms. The van der Waals surface area contributed by atoms with E-state index in [1.807, 2.05) is 19.9 Å². The summed E-state index contributed by atoms with van der Waals surface area (Å²) >= 11 is 0. The lowest BCUT2D eigenvalue weighted by Crippen LogP contribution is -2.11. The van der Waals surface area contributed by atoms with E-state index in [2.05, 4.69) is 0 Å². The van der Waals surface area contributed by atoms with Gasteiger partial charge >= 0.3 is 5.97 Å². The van der Waals surface area contributed by atoms with Crippen molar-refractivity contribution in [2.45, 2.75) is 26.7 Å². The quantitative estimate of drug-likeness (QED) is 0.450. The van der Waals surface area contributed by atoms with E-state index in [1.165, 1.54) is 24.3 Å². The molecule has 0 aliphatic heterocycles. The van der Waals surface area contributed by atoms with Crippen molar-refractivity contribution in [2.75, 3.05) is 6.61 Å². The minimum absolute atomic E-state index is 0.0156. The molecule has 21 heavy (non-hydrogen) atoms. The van der Waals surface area contributed by atoms with Gasteiger partial charge in [0, 0.05) is 12.1 Å². The van der Waals surface area contributed by atoms with Crippen LogP contribution in [0.15, 0.2) is 35.9 Å². The Morgan fingerprint density at radius 3 is 2.52 bits per heavy atom. The smallest absolute Gasteiger partial charge is 0.306 e. The summed E-state index contributed by atoms with van der Waals surface area (Å²) in [6.07, 6.45) is 2.91. The lowest BCUT2D eigenvalue weighted by molar-refractivity contribution is -0.384. The number of rotatable bonds is 8. The third-order valence-corrected chi connectivity index (χ3v) is 3.11. The average Bonchev–Trinajstić information content (AvgIpc) is 2.45. The summed E-state index contributed by atoms with van der Waals surface area (Å²) < 4.78 is 5.49. The van der Waals surface area contributed by atoms with Gasteiger partial charge in [-0.05, 0) is 37.5 Å². The molecular weight excluding hydrogens is 274 g/mol. The number of aliphatic carboxylic acids is 1. The molecular formula is C15H19NO5. The molecule has 0 radical (unpaired) electrons. The Kier molecular flexibility index (Phi) is 6.39. The number of nitrogens with zero attached hydrogens (tertiary/aromatic N) is 1. The molecule has 1 N–H and O–H groups in total. The zero-order valence-corrected chi connectivity index (χ0v) is 12.1. The minimum Gasteiger partial charge on any atom is -0.489 e. The van der Waals surface area contributed by atoms with Gasteiger partial charge in [-0.2, -0.15) is 0 Å². The molecule has 0 amide bonds. The molecule has 0 heterocycles. The second-order valence-corrected chi connectivity index (χ2v) is 4.77. The third kappa shape index (κ3) is 5.64. The lowest BCUT2D eigenvalue weighted by atomic mass is 10.0. The van der Waals surface area contributed by atoms with Crippen molar-refractivity contribution in [2.24, 2.45) is 5.92 Å². The summed E-state index contributed by atoms with van der Waals surface area (Å²) in [5.41, 5.74) is 0.940. The fourth-order valence-electron chi connectivity index (χ4n) is 1.71. The van der Waals surface area contributed by atoms with Crippen LogP contribution in [0.5, 0.6) is 5.75 Å². The van der Waals surface area contributed by atoms with Gasteiger partial charge in [-0.3, -0.25) is 14.9 Å². The Morgan fingerprint density at radius 2 is 2.05 bits per heavy atom. The second kappa shape index (κ2) is 8.04. The van der Waals surface area contributed by atoms with Gasteiger partial charge in [0.2, 0.25) is 0 Å². The van der Waals surface area contributed by atoms with Crippen molar-refractivity contribution in [1.29, 1.82) is 0 Å². The molecule has 1 aromatic rings. The fourth-order valence-corrected chi connectivity index (χ4v) is 1.71. The van der Waals surface area contributed by atoms with Crippen LogP contribution in [0.25, 0.3) is 0 Å². The van der Waals surface area contributed by atoms with Gasteiger partial charge in [-0.15, -0.1) is 0 Å². The second-order valence-electron chi connectivity index (χ2n) is 4.77. The van der Waals surface area contributed by atoms with Crippen molar-refractivity contribution < 1.29 is 19.6 Å². The van der Waals surface area contributed by atoms with Gasteiger partial charge < -0.3 is 9.84 Å². The van der Waals surface area contributed by atoms with Gasteiger partial charge in [-0.1, -0.05) is 13.0 Å². The molecule has 0 saturated carbocycles. The van der Waals surface area contributed by atoms with Crippen molar-refractivity contribution >= 4 is 11.7 Å². The van der Waals surface area contributed by atoms with Crippen LogP contribution in [0.4, 0.5) is 5.69 Å². The zero-order chi connectivity index (χ0) is 15.8. The first-order chi connectivity index (χ1) is 9.93. The largest absolute Gasteiger partial charge is 0.489 e. The molecule has 0 aliphatic carbocycles. The van der Waals surface area contributed by atoms with Crippen LogP contribution in [0.2, 0.25) is 0 Å². The van der Waals surface area contributed by atoms with Crippen LogP contribution in [0.1, 0.15) is 26.7 Å². The molecule has 1 rings (SSSR count). The molecule has 0 saturated heterocycles. The topological polar surface area (TPSA) is 89.7 Å². The number of carbonyl (C=O) groups is 1. The first-order valence-corrected chi connectivity index (χ1v) is 6.69. The summed E-state index contributed by atoms with van der Waals surface area (Å²) in [6, 6.07) is 5.84. The van der Waals surface area contributed by atoms with Crippen LogP contribution >= 0.6 is 0 Å². The van der Waals surface area contributed by atoms with Crippen LogP contribution in [0, 0.1) is 16.0 Å². The van der Waals surface area contributed by atoms with E-state index in [-0.39, 0.29) is 11.6 Å². The summed E-state index contributed by atoms with van der Waals surface area (Å²) in [6.45, 7) is 4.03. The summed E-state index contributed by atoms with van der Waals surface area (Å²) in [4.78, 5) is 20.9. The monoisotopic (exact) mass is 293 g/mol. The standard InChI is InChI=1S/C15H19NO5/c1-3-12(15(17)18)5-4-11(2)10-21-14-8-6-13(7-9-14)16(19)20/h4,6-9,12H,3,5,10H2,1-2H3,(H,17,18). The predicted molar refractivity (Wildman–Crippen MR) is 78.4 cm³/mol. The number of hydrogen-bond donors (Lipinski definition) is 1. The lowest BCUT2D eigenvalue weighted by Gasteiger charge is -2.09. The Bertz CT molecular complexity index is 521. The van der Waals surface area contributed by atoms with Crippen LogP contribution in [0.3, 0.4) is 0 Å². The van der Waals surface area contributed by atoms with Gasteiger partial charge in [0.25, 0.3) is 5.69 Å². The van der Waals surface area contributed by atoms with Crippen LogP contribution in [-0.4, -0.2) is 22.6 Å². The maximum Gasteiger partial charge on any atom is 0.306 e. The van der Waals surface area contributed by atoms with E-state index in [4.69, 9.17) is 9.84 Å². The highest BCUT2D eigenvalue weighted by molar-refractivity contribution is 5.70. The van der Waals surface area contributed by atoms with Gasteiger partial charge in [-0.25, -0.2) is 0 Å². The van der Waals surface area contributed by atoms with Gasteiger partial charge in [0.15, 0.2) is 0 Å². The number of benzene rings is 1. The number of allylic oxidation sites excluding steroid dienone is 1. The number of non-ortho nitro benzene ring substituents is 1. The molecule has 0 spiro atoms. The maximum atomic E-state index is 10.9. The maximum absolute atomic E-state index is 10.9. The number of hydrogen-bond acceptors (Lipinski definition) is 4. The van der Waals surface area contributed by atoms with E-state index < -0.39 is 10.9 Å². The van der Waals surface area contributed by atoms with E-state index >= 15 is 0 Å². The normalized spacial score (nSPS) is 12.8. The van der Waals surface area contributed by atoms with Crippen molar-refractivity contribution in [1.82, 2.24) is 0 Å². The molecule has 0 aromatic heterocycles. The molecule has 6 nitrogen and oxygen atoms in total. The van der Waals surface area contributed by atoms with Crippen molar-refractivity contribution in [3.05, 3.63) is 46.0 Å². The molecule has 1 unspecified atom stereocenters. The molecule has 0 fully saturated rings. The molecule has 1 aromatic carbocycles. The highest BCUT2D eigenvalue weighted by Crippen LogP contribution is 2.18. The molecule has 0 aliphatic rings. The number of nitro groups is 1. The highest BCUT2D eigenvalue weighted by Gasteiger charge is 2.13. The van der Waals surface area contributed by atoms with E-state index in [0.717, 1.165) is 5.57 Å². The van der Waals surface area contributed by atoms with Crippen LogP contribution < -0.4 is 4.74 Å². The van der Waals surface area contributed by atoms with E-state index in [9.17, 15) is 14.9 Å². The number of carboxylic acids is 1. The summed E-state index contributed by atoms with van der Waals surface area (Å²) in [5, 5.41) is 19.5. The third-order valence-electron chi connectivity index (χ3n) is 3.11. The molecule has 114 valence electrons. The number of ether oxygens (including phenoxy) is 1. The molecule has 1 atom stereocenters. The summed E-state index contributed by atoms with van der Waals surface area (Å²) in [5.74, 6) is -0.629. The summed E-state index contributed by atoms with van der Waals surface area (Å²) in [7, 11) is 0. The van der Waals surface area contributed by atoms with Crippen molar-refractivity contribution in [3.8, 4) is 5.75 Å². The Hall–Kier alpha value is -2.37. The number of nitro benzene ring substituents is 1. The van der Waals surface area contributed by atoms with E-state index in [0.29, 0.717) is 25.2 Å². The van der Waals surface area contributed by atoms with Gasteiger partial charge in [0.05, 0.1) is 10.8 Å². The first-order valence-electron chi connectivity index (χ1n) is 6.69. The molecule has 0 bridgehead atoms. The fraction of sp³-hybridized carbons (Fsp3) is 0.400.